The van der Waals surface area contributed by atoms with Crippen molar-refractivity contribution in [2.45, 2.75) is 26.3 Å². The van der Waals surface area contributed by atoms with Crippen LogP contribution in [-0.2, 0) is 0 Å². The van der Waals surface area contributed by atoms with Crippen LogP contribution in [0.4, 0.5) is 10.1 Å². The zero-order chi connectivity index (χ0) is 13.7. The summed E-state index contributed by atoms with van der Waals surface area (Å²) in [5, 5.41) is 3.14. The molecule has 1 aromatic carbocycles. The van der Waals surface area contributed by atoms with Crippen molar-refractivity contribution in [3.05, 3.63) is 29.6 Å². The van der Waals surface area contributed by atoms with Crippen molar-refractivity contribution in [3.8, 4) is 0 Å². The Morgan fingerprint density at radius 2 is 2.11 bits per heavy atom. The predicted molar refractivity (Wildman–Crippen MR) is 70.8 cm³/mol. The average Bonchev–Trinajstić information content (AvgIpc) is 2.29. The van der Waals surface area contributed by atoms with Gasteiger partial charge in [-0.25, -0.2) is 4.39 Å². The number of halogens is 1. The maximum Gasteiger partial charge on any atom is 0.250 e. The van der Waals surface area contributed by atoms with E-state index in [-0.39, 0.29) is 11.6 Å². The third-order valence-corrected chi connectivity index (χ3v) is 2.65. The van der Waals surface area contributed by atoms with Crippen molar-refractivity contribution < 1.29 is 9.18 Å². The summed E-state index contributed by atoms with van der Waals surface area (Å²) in [6, 6.07) is 3.97. The summed E-state index contributed by atoms with van der Waals surface area (Å²) >= 11 is 0. The Balaban J connectivity index is 2.91. The van der Waals surface area contributed by atoms with Crippen molar-refractivity contribution in [1.29, 1.82) is 0 Å². The molecule has 0 aliphatic carbocycles. The van der Waals surface area contributed by atoms with Gasteiger partial charge in [0, 0.05) is 18.3 Å². The third kappa shape index (κ3) is 4.00. The fourth-order valence-corrected chi connectivity index (χ4v) is 1.85. The lowest BCUT2D eigenvalue weighted by molar-refractivity contribution is 0.100. The van der Waals surface area contributed by atoms with Gasteiger partial charge in [0.1, 0.15) is 5.82 Å². The van der Waals surface area contributed by atoms with Gasteiger partial charge in [-0.3, -0.25) is 4.79 Å². The van der Waals surface area contributed by atoms with E-state index in [4.69, 9.17) is 11.5 Å². The molecule has 0 saturated carbocycles. The van der Waals surface area contributed by atoms with Crippen LogP contribution in [0.2, 0.25) is 0 Å². The van der Waals surface area contributed by atoms with Gasteiger partial charge in [-0.1, -0.05) is 13.8 Å². The standard InChI is InChI=1S/C13H20FN3O/c1-8(2)5-10(7-15)17-12-4-3-9(14)6-11(12)13(16)18/h3-4,6,8,10,17H,5,7,15H2,1-2H3,(H2,16,18). The number of rotatable bonds is 6. The number of benzene rings is 1. The first-order chi connectivity index (χ1) is 8.43. The SMILES string of the molecule is CC(C)CC(CN)Nc1ccc(F)cc1C(N)=O. The molecule has 1 unspecified atom stereocenters. The Morgan fingerprint density at radius 1 is 1.44 bits per heavy atom. The number of hydrogen-bond donors (Lipinski definition) is 3. The summed E-state index contributed by atoms with van der Waals surface area (Å²) in [5.74, 6) is -0.664. The lowest BCUT2D eigenvalue weighted by Gasteiger charge is -2.21. The van der Waals surface area contributed by atoms with E-state index in [2.05, 4.69) is 19.2 Å². The quantitative estimate of drug-likeness (QED) is 0.722. The molecule has 0 bridgehead atoms. The van der Waals surface area contributed by atoms with Crippen molar-refractivity contribution in [1.82, 2.24) is 0 Å². The fourth-order valence-electron chi connectivity index (χ4n) is 1.85. The van der Waals surface area contributed by atoms with E-state index < -0.39 is 11.7 Å². The molecule has 1 amide bonds. The van der Waals surface area contributed by atoms with Gasteiger partial charge in [0.15, 0.2) is 0 Å². The molecule has 0 saturated heterocycles. The molecule has 1 atom stereocenters. The lowest BCUT2D eigenvalue weighted by atomic mass is 10.0. The van der Waals surface area contributed by atoms with Crippen LogP contribution >= 0.6 is 0 Å². The zero-order valence-corrected chi connectivity index (χ0v) is 10.7. The van der Waals surface area contributed by atoms with Gasteiger partial charge < -0.3 is 16.8 Å². The minimum absolute atomic E-state index is 0.0357. The number of carbonyl (C=O) groups excluding carboxylic acids is 1. The molecule has 0 radical (unpaired) electrons. The topological polar surface area (TPSA) is 81.1 Å². The van der Waals surface area contributed by atoms with Crippen molar-refractivity contribution in [2.75, 3.05) is 11.9 Å². The predicted octanol–water partition coefficient (Wildman–Crippen LogP) is 1.71. The van der Waals surface area contributed by atoms with Gasteiger partial charge in [-0.05, 0) is 30.5 Å². The Morgan fingerprint density at radius 3 is 2.61 bits per heavy atom. The van der Waals surface area contributed by atoms with Gasteiger partial charge in [-0.2, -0.15) is 0 Å². The highest BCUT2D eigenvalue weighted by Crippen LogP contribution is 2.19. The fraction of sp³-hybridized carbons (Fsp3) is 0.462. The van der Waals surface area contributed by atoms with Crippen molar-refractivity contribution >= 4 is 11.6 Å². The van der Waals surface area contributed by atoms with E-state index in [0.29, 0.717) is 18.2 Å². The minimum atomic E-state index is -0.655. The second-order valence-electron chi connectivity index (χ2n) is 4.76. The van der Waals surface area contributed by atoms with Crippen LogP contribution in [0.5, 0.6) is 0 Å². The van der Waals surface area contributed by atoms with E-state index >= 15 is 0 Å². The molecule has 0 aliphatic rings. The monoisotopic (exact) mass is 253 g/mol. The summed E-state index contributed by atoms with van der Waals surface area (Å²) in [7, 11) is 0. The van der Waals surface area contributed by atoms with Gasteiger partial charge >= 0.3 is 0 Å². The molecule has 100 valence electrons. The maximum absolute atomic E-state index is 13.1. The average molecular weight is 253 g/mol. The first-order valence-electron chi connectivity index (χ1n) is 6.00. The van der Waals surface area contributed by atoms with E-state index in [1.165, 1.54) is 12.1 Å². The molecule has 1 aromatic rings. The van der Waals surface area contributed by atoms with Crippen LogP contribution < -0.4 is 16.8 Å². The van der Waals surface area contributed by atoms with E-state index in [1.54, 1.807) is 0 Å². The third-order valence-electron chi connectivity index (χ3n) is 2.65. The first-order valence-corrected chi connectivity index (χ1v) is 6.00. The Bertz CT molecular complexity index is 421. The molecule has 0 aromatic heterocycles. The Hall–Kier alpha value is -1.62. The molecule has 5 heteroatoms. The molecular formula is C13H20FN3O. The van der Waals surface area contributed by atoms with Crippen LogP contribution in [0.15, 0.2) is 18.2 Å². The summed E-state index contributed by atoms with van der Waals surface area (Å²) < 4.78 is 13.1. The second kappa shape index (κ2) is 6.35. The molecule has 1 rings (SSSR count). The van der Waals surface area contributed by atoms with Gasteiger partial charge in [0.25, 0.3) is 5.91 Å². The Kier molecular flexibility index (Phi) is 5.09. The summed E-state index contributed by atoms with van der Waals surface area (Å²) in [6.07, 6.45) is 0.867. The largest absolute Gasteiger partial charge is 0.380 e. The summed E-state index contributed by atoms with van der Waals surface area (Å²) in [4.78, 5) is 11.3. The van der Waals surface area contributed by atoms with E-state index in [9.17, 15) is 9.18 Å². The molecule has 0 heterocycles. The second-order valence-corrected chi connectivity index (χ2v) is 4.76. The highest BCUT2D eigenvalue weighted by Gasteiger charge is 2.14. The van der Waals surface area contributed by atoms with Gasteiger partial charge in [-0.15, -0.1) is 0 Å². The number of primary amides is 1. The number of nitrogens with two attached hydrogens (primary N) is 2. The normalized spacial score (nSPS) is 12.5. The summed E-state index contributed by atoms with van der Waals surface area (Å²) in [5.41, 5.74) is 11.6. The van der Waals surface area contributed by atoms with Crippen LogP contribution in [0, 0.1) is 11.7 Å². The van der Waals surface area contributed by atoms with Crippen LogP contribution in [0.25, 0.3) is 0 Å². The molecule has 0 aliphatic heterocycles. The van der Waals surface area contributed by atoms with Crippen LogP contribution in [0.3, 0.4) is 0 Å². The first kappa shape index (κ1) is 14.4. The van der Waals surface area contributed by atoms with Crippen molar-refractivity contribution in [3.63, 3.8) is 0 Å². The maximum atomic E-state index is 13.1. The molecule has 4 nitrogen and oxygen atoms in total. The van der Waals surface area contributed by atoms with Crippen LogP contribution in [0.1, 0.15) is 30.6 Å². The van der Waals surface area contributed by atoms with Gasteiger partial charge in [0.05, 0.1) is 5.56 Å². The number of carbonyl (C=O) groups is 1. The number of anilines is 1. The number of hydrogen-bond acceptors (Lipinski definition) is 3. The smallest absolute Gasteiger partial charge is 0.250 e. The molecule has 0 fully saturated rings. The lowest BCUT2D eigenvalue weighted by Crippen LogP contribution is -2.31. The minimum Gasteiger partial charge on any atom is -0.380 e. The molecular weight excluding hydrogens is 233 g/mol. The number of amides is 1. The zero-order valence-electron chi connectivity index (χ0n) is 10.7. The van der Waals surface area contributed by atoms with E-state index in [1.807, 2.05) is 0 Å². The highest BCUT2D eigenvalue weighted by molar-refractivity contribution is 5.98. The number of nitrogens with one attached hydrogen (secondary N) is 1. The Labute approximate surface area is 107 Å². The highest BCUT2D eigenvalue weighted by atomic mass is 19.1. The molecule has 18 heavy (non-hydrogen) atoms. The van der Waals surface area contributed by atoms with Crippen LogP contribution in [-0.4, -0.2) is 18.5 Å². The van der Waals surface area contributed by atoms with E-state index in [0.717, 1.165) is 12.5 Å². The van der Waals surface area contributed by atoms with Gasteiger partial charge in [0.2, 0.25) is 0 Å². The summed E-state index contributed by atoms with van der Waals surface area (Å²) in [6.45, 7) is 4.61. The molecule has 5 N–H and O–H groups in total. The van der Waals surface area contributed by atoms with Crippen molar-refractivity contribution in [2.24, 2.45) is 17.4 Å². The molecule has 0 spiro atoms.